The minimum atomic E-state index is -0.843. The molecule has 0 aliphatic rings. The number of carboxylic acid groups (broad SMARTS) is 1. The predicted molar refractivity (Wildman–Crippen MR) is 75.8 cm³/mol. The smallest absolute Gasteiger partial charge is 0.303 e. The third kappa shape index (κ3) is 6.22. The van der Waals surface area contributed by atoms with Gasteiger partial charge in [0.2, 0.25) is 5.91 Å². The summed E-state index contributed by atoms with van der Waals surface area (Å²) in [7, 11) is 1.61. The summed E-state index contributed by atoms with van der Waals surface area (Å²) in [6.07, 6.45) is 1.56. The molecule has 5 heteroatoms. The highest BCUT2D eigenvalue weighted by Crippen LogP contribution is 2.12. The summed E-state index contributed by atoms with van der Waals surface area (Å²) in [6, 6.07) is 7.47. The number of carboxylic acids is 1. The molecule has 1 aromatic rings. The molecule has 110 valence electrons. The lowest BCUT2D eigenvalue weighted by Crippen LogP contribution is -2.33. The lowest BCUT2D eigenvalue weighted by atomic mass is 10.1. The fourth-order valence-corrected chi connectivity index (χ4v) is 1.81. The molecule has 1 amide bonds. The van der Waals surface area contributed by atoms with Crippen LogP contribution in [0.4, 0.5) is 0 Å². The number of hydrogen-bond donors (Lipinski definition) is 2. The maximum absolute atomic E-state index is 11.7. The molecule has 1 unspecified atom stereocenters. The molecule has 0 spiro atoms. The average Bonchev–Trinajstić information content (AvgIpc) is 2.43. The van der Waals surface area contributed by atoms with Crippen molar-refractivity contribution in [3.05, 3.63) is 29.8 Å². The van der Waals surface area contributed by atoms with E-state index in [0.29, 0.717) is 19.3 Å². The van der Waals surface area contributed by atoms with Gasteiger partial charge in [0.25, 0.3) is 0 Å². The van der Waals surface area contributed by atoms with E-state index in [2.05, 4.69) is 5.32 Å². The van der Waals surface area contributed by atoms with Crippen LogP contribution in [-0.2, 0) is 16.0 Å². The van der Waals surface area contributed by atoms with Crippen molar-refractivity contribution in [2.75, 3.05) is 7.11 Å². The van der Waals surface area contributed by atoms with Crippen molar-refractivity contribution in [1.29, 1.82) is 0 Å². The number of carbonyl (C=O) groups excluding carboxylic acids is 1. The fraction of sp³-hybridized carbons (Fsp3) is 0.467. The second-order valence-electron chi connectivity index (χ2n) is 4.75. The molecular weight excluding hydrogens is 258 g/mol. The molecule has 0 bridgehead atoms. The normalized spacial score (nSPS) is 11.7. The number of rotatable bonds is 8. The summed E-state index contributed by atoms with van der Waals surface area (Å²) in [4.78, 5) is 22.1. The largest absolute Gasteiger partial charge is 0.497 e. The third-order valence-electron chi connectivity index (χ3n) is 3.00. The average molecular weight is 279 g/mol. The fourth-order valence-electron chi connectivity index (χ4n) is 1.81. The van der Waals surface area contributed by atoms with Gasteiger partial charge in [-0.2, -0.15) is 0 Å². The quantitative estimate of drug-likeness (QED) is 0.763. The Balaban J connectivity index is 2.29. The van der Waals surface area contributed by atoms with Crippen LogP contribution in [-0.4, -0.2) is 30.1 Å². The van der Waals surface area contributed by atoms with Crippen LogP contribution in [0.2, 0.25) is 0 Å². The van der Waals surface area contributed by atoms with Crippen LogP contribution in [0.25, 0.3) is 0 Å². The Labute approximate surface area is 118 Å². The van der Waals surface area contributed by atoms with E-state index >= 15 is 0 Å². The number of aryl methyl sites for hydroxylation is 1. The Morgan fingerprint density at radius 2 is 1.90 bits per heavy atom. The minimum Gasteiger partial charge on any atom is -0.497 e. The maximum atomic E-state index is 11.7. The summed E-state index contributed by atoms with van der Waals surface area (Å²) < 4.78 is 5.07. The third-order valence-corrected chi connectivity index (χ3v) is 3.00. The van der Waals surface area contributed by atoms with Gasteiger partial charge < -0.3 is 15.2 Å². The first-order chi connectivity index (χ1) is 9.51. The number of ether oxygens (including phenoxy) is 1. The van der Waals surface area contributed by atoms with Crippen LogP contribution >= 0.6 is 0 Å². The zero-order valence-corrected chi connectivity index (χ0v) is 11.9. The van der Waals surface area contributed by atoms with Crippen molar-refractivity contribution < 1.29 is 19.4 Å². The first kappa shape index (κ1) is 16.0. The highest BCUT2D eigenvalue weighted by Gasteiger charge is 2.09. The van der Waals surface area contributed by atoms with Crippen LogP contribution in [0.5, 0.6) is 5.75 Å². The molecule has 0 aliphatic heterocycles. The van der Waals surface area contributed by atoms with Crippen molar-refractivity contribution in [2.45, 2.75) is 38.6 Å². The highest BCUT2D eigenvalue weighted by atomic mass is 16.5. The highest BCUT2D eigenvalue weighted by molar-refractivity contribution is 5.76. The number of hydrogen-bond acceptors (Lipinski definition) is 3. The molecular formula is C15H21NO4. The molecule has 1 atom stereocenters. The lowest BCUT2D eigenvalue weighted by Gasteiger charge is -2.12. The molecule has 0 saturated heterocycles. The molecule has 20 heavy (non-hydrogen) atoms. The number of nitrogens with one attached hydrogen (secondary N) is 1. The Kier molecular flexibility index (Phi) is 6.56. The van der Waals surface area contributed by atoms with Gasteiger partial charge in [-0.1, -0.05) is 12.1 Å². The number of carbonyl (C=O) groups is 2. The predicted octanol–water partition coefficient (Wildman–Crippen LogP) is 2.00. The van der Waals surface area contributed by atoms with Gasteiger partial charge in [0.05, 0.1) is 7.11 Å². The zero-order valence-electron chi connectivity index (χ0n) is 11.9. The summed E-state index contributed by atoms with van der Waals surface area (Å²) in [5.74, 6) is -0.108. The van der Waals surface area contributed by atoms with Gasteiger partial charge in [0.15, 0.2) is 0 Å². The molecule has 1 rings (SSSR count). The molecule has 0 aliphatic carbocycles. The van der Waals surface area contributed by atoms with Crippen molar-refractivity contribution in [3.63, 3.8) is 0 Å². The van der Waals surface area contributed by atoms with Crippen molar-refractivity contribution in [3.8, 4) is 5.75 Å². The molecule has 0 fully saturated rings. The molecule has 0 saturated carbocycles. The van der Waals surface area contributed by atoms with Crippen LogP contribution in [0.15, 0.2) is 24.3 Å². The summed E-state index contributed by atoms with van der Waals surface area (Å²) >= 11 is 0. The monoisotopic (exact) mass is 279 g/mol. The van der Waals surface area contributed by atoms with Crippen LogP contribution < -0.4 is 10.1 Å². The standard InChI is InChI=1S/C15H21NO4/c1-11(3-10-15(18)19)16-14(17)9-6-12-4-7-13(20-2)8-5-12/h4-5,7-8,11H,3,6,9-10H2,1-2H3,(H,16,17)(H,18,19). The van der Waals surface area contributed by atoms with E-state index in [1.54, 1.807) is 7.11 Å². The van der Waals surface area contributed by atoms with Crippen LogP contribution in [0.3, 0.4) is 0 Å². The Morgan fingerprint density at radius 1 is 1.25 bits per heavy atom. The second kappa shape index (κ2) is 8.19. The first-order valence-corrected chi connectivity index (χ1v) is 6.65. The van der Waals surface area contributed by atoms with E-state index in [9.17, 15) is 9.59 Å². The molecule has 0 heterocycles. The maximum Gasteiger partial charge on any atom is 0.303 e. The SMILES string of the molecule is COc1ccc(CCC(=O)NC(C)CCC(=O)O)cc1. The molecule has 1 aromatic carbocycles. The first-order valence-electron chi connectivity index (χ1n) is 6.65. The number of methoxy groups -OCH3 is 1. The van der Waals surface area contributed by atoms with Crippen LogP contribution in [0, 0.1) is 0 Å². The van der Waals surface area contributed by atoms with Gasteiger partial charge in [-0.3, -0.25) is 9.59 Å². The van der Waals surface area contributed by atoms with Crippen molar-refractivity contribution in [1.82, 2.24) is 5.32 Å². The van der Waals surface area contributed by atoms with Gasteiger partial charge in [0.1, 0.15) is 5.75 Å². The lowest BCUT2D eigenvalue weighted by molar-refractivity contribution is -0.137. The van der Waals surface area contributed by atoms with E-state index < -0.39 is 5.97 Å². The number of aliphatic carboxylic acids is 1. The summed E-state index contributed by atoms with van der Waals surface area (Å²) in [5.41, 5.74) is 1.07. The van der Waals surface area contributed by atoms with E-state index in [1.807, 2.05) is 31.2 Å². The van der Waals surface area contributed by atoms with Gasteiger partial charge in [0, 0.05) is 18.9 Å². The minimum absolute atomic E-state index is 0.0568. The van der Waals surface area contributed by atoms with Crippen LogP contribution in [0.1, 0.15) is 31.7 Å². The van der Waals surface area contributed by atoms with Gasteiger partial charge in [-0.25, -0.2) is 0 Å². The van der Waals surface area contributed by atoms with Gasteiger partial charge >= 0.3 is 5.97 Å². The van der Waals surface area contributed by atoms with E-state index in [1.165, 1.54) is 0 Å². The Hall–Kier alpha value is -2.04. The van der Waals surface area contributed by atoms with E-state index in [0.717, 1.165) is 11.3 Å². The second-order valence-corrected chi connectivity index (χ2v) is 4.75. The van der Waals surface area contributed by atoms with E-state index in [-0.39, 0.29) is 18.4 Å². The molecule has 0 aromatic heterocycles. The molecule has 0 radical (unpaired) electrons. The van der Waals surface area contributed by atoms with Crippen molar-refractivity contribution >= 4 is 11.9 Å². The molecule has 5 nitrogen and oxygen atoms in total. The zero-order chi connectivity index (χ0) is 15.0. The number of amides is 1. The van der Waals surface area contributed by atoms with E-state index in [4.69, 9.17) is 9.84 Å². The van der Waals surface area contributed by atoms with Gasteiger partial charge in [-0.15, -0.1) is 0 Å². The van der Waals surface area contributed by atoms with Crippen molar-refractivity contribution in [2.24, 2.45) is 0 Å². The van der Waals surface area contributed by atoms with Gasteiger partial charge in [-0.05, 0) is 37.5 Å². The summed E-state index contributed by atoms with van der Waals surface area (Å²) in [6.45, 7) is 1.81. The number of benzene rings is 1. The Morgan fingerprint density at radius 3 is 2.45 bits per heavy atom. The topological polar surface area (TPSA) is 75.6 Å². The summed E-state index contributed by atoms with van der Waals surface area (Å²) in [5, 5.41) is 11.4. The Bertz CT molecular complexity index is 442. The molecule has 2 N–H and O–H groups in total.